The van der Waals surface area contributed by atoms with Crippen LogP contribution in [-0.4, -0.2) is 114 Å². The molecule has 8 aromatic rings. The van der Waals surface area contributed by atoms with Gasteiger partial charge in [-0.15, -0.1) is 24.8 Å². The average Bonchev–Trinajstić information content (AvgIpc) is 1.75. The molecule has 4 N–H and O–H groups in total. The van der Waals surface area contributed by atoms with Gasteiger partial charge in [0.05, 0.1) is 43.7 Å². The lowest BCUT2D eigenvalue weighted by molar-refractivity contribution is 0.0608. The van der Waals surface area contributed by atoms with Gasteiger partial charge in [0.25, 0.3) is 23.6 Å². The predicted molar refractivity (Wildman–Crippen MR) is 376 cm³/mol. The van der Waals surface area contributed by atoms with E-state index in [-0.39, 0.29) is 64.7 Å². The summed E-state index contributed by atoms with van der Waals surface area (Å²) in [7, 11) is 0. The zero-order valence-electron chi connectivity index (χ0n) is 52.1. The first-order valence-corrected chi connectivity index (χ1v) is 33.1. The monoisotopic (exact) mass is 1380 g/mol. The highest BCUT2D eigenvalue weighted by Crippen LogP contribution is 2.44. The van der Waals surface area contributed by atoms with Crippen molar-refractivity contribution in [1.82, 2.24) is 30.2 Å². The van der Waals surface area contributed by atoms with E-state index in [4.69, 9.17) is 55.2 Å². The van der Waals surface area contributed by atoms with Gasteiger partial charge in [-0.3, -0.25) is 19.2 Å². The van der Waals surface area contributed by atoms with E-state index >= 15 is 0 Å². The van der Waals surface area contributed by atoms with Crippen LogP contribution >= 0.6 is 71.2 Å². The van der Waals surface area contributed by atoms with Crippen molar-refractivity contribution in [3.05, 3.63) is 260 Å². The van der Waals surface area contributed by atoms with Gasteiger partial charge < -0.3 is 44.5 Å². The molecule has 6 aromatic carbocycles. The molecular weight excluding hydrogens is 1300 g/mol. The van der Waals surface area contributed by atoms with E-state index < -0.39 is 11.1 Å². The number of nitrogens with zero attached hydrogens (tertiary/aromatic N) is 4. The van der Waals surface area contributed by atoms with Gasteiger partial charge in [0, 0.05) is 74.3 Å². The summed E-state index contributed by atoms with van der Waals surface area (Å²) in [5, 5.41) is 8.82. The Kier molecular flexibility index (Phi) is 25.8. The van der Waals surface area contributed by atoms with Gasteiger partial charge in [0.2, 0.25) is 0 Å². The maximum Gasteiger partial charge on any atom is 0.287 e. The van der Waals surface area contributed by atoms with E-state index in [0.717, 1.165) is 163 Å². The summed E-state index contributed by atoms with van der Waals surface area (Å²) >= 11 is 25.7. The molecule has 13 nitrogen and oxygen atoms in total. The Hall–Kier alpha value is -6.62. The van der Waals surface area contributed by atoms with Crippen LogP contribution in [0.4, 0.5) is 0 Å². The van der Waals surface area contributed by atoms with Gasteiger partial charge in [0.1, 0.15) is 0 Å². The Balaban J connectivity index is 0.000000231. The second kappa shape index (κ2) is 33.2. The molecule has 4 aliphatic heterocycles. The van der Waals surface area contributed by atoms with Crippen LogP contribution in [0, 0.1) is 0 Å². The molecule has 0 spiro atoms. The van der Waals surface area contributed by atoms with E-state index in [1.165, 1.54) is 12.5 Å². The molecule has 2 unspecified atom stereocenters. The van der Waals surface area contributed by atoms with Gasteiger partial charge in [-0.25, -0.2) is 0 Å². The Bertz CT molecular complexity index is 3430. The molecule has 93 heavy (non-hydrogen) atoms. The Morgan fingerprint density at radius 2 is 0.763 bits per heavy atom. The maximum absolute atomic E-state index is 13.5. The van der Waals surface area contributed by atoms with Gasteiger partial charge in [-0.1, -0.05) is 156 Å². The highest BCUT2D eigenvalue weighted by atomic mass is 35.5. The standard InChI is InChI=1S/2C37H39Cl2N3O3.2ClH.H2O/c2*38-31-16-15-30(26-32(31)39)36(18-9-22-42(27-36)35(44)28-10-3-1-4-11-28)17-8-21-41-23-19-37(20-24-41,29-12-5-2-6-13-29)40-34(43)33-14-7-25-45-33;;;/h2*1-7,10-16,25-26H,8-9,17-24,27H2,(H,40,43);2*1H;1H2. The van der Waals surface area contributed by atoms with Crippen LogP contribution in [0.1, 0.15) is 141 Å². The topological polar surface area (TPSA) is 163 Å². The second-order valence-electron chi connectivity index (χ2n) is 24.9. The molecule has 4 aliphatic rings. The van der Waals surface area contributed by atoms with Crippen LogP contribution in [-0.2, 0) is 21.9 Å². The number of hydrogen-bond acceptors (Lipinski definition) is 8. The summed E-state index contributed by atoms with van der Waals surface area (Å²) in [6, 6.07) is 58.4. The zero-order valence-corrected chi connectivity index (χ0v) is 56.8. The smallest absolute Gasteiger partial charge is 0.287 e. The molecule has 4 amide bonds. The first-order valence-electron chi connectivity index (χ1n) is 31.6. The minimum Gasteiger partial charge on any atom is -0.459 e. The largest absolute Gasteiger partial charge is 0.459 e. The molecule has 0 saturated carbocycles. The number of likely N-dealkylation sites (tertiary alicyclic amines) is 4. The van der Waals surface area contributed by atoms with Crippen molar-refractivity contribution in [1.29, 1.82) is 0 Å². The first kappa shape index (κ1) is 72.2. The number of carbonyl (C=O) groups excluding carboxylic acids is 4. The first-order chi connectivity index (χ1) is 43.7. The number of amides is 4. The number of piperidine rings is 4. The van der Waals surface area contributed by atoms with Crippen LogP contribution in [0.25, 0.3) is 0 Å². The van der Waals surface area contributed by atoms with E-state index in [1.807, 2.05) is 131 Å². The maximum atomic E-state index is 13.5. The number of nitrogens with one attached hydrogen (secondary N) is 2. The van der Waals surface area contributed by atoms with Gasteiger partial charge in [-0.05, 0) is 185 Å². The van der Waals surface area contributed by atoms with E-state index in [2.05, 4.69) is 56.8 Å². The number of benzene rings is 6. The van der Waals surface area contributed by atoms with E-state index in [9.17, 15) is 19.2 Å². The molecule has 0 radical (unpaired) electrons. The fourth-order valence-electron chi connectivity index (χ4n) is 14.4. The lowest BCUT2D eigenvalue weighted by atomic mass is 9.70. The molecule has 2 aromatic heterocycles. The number of rotatable bonds is 18. The summed E-state index contributed by atoms with van der Waals surface area (Å²) in [4.78, 5) is 62.3. The Morgan fingerprint density at radius 3 is 1.10 bits per heavy atom. The molecule has 4 saturated heterocycles. The molecule has 0 aliphatic carbocycles. The van der Waals surface area contributed by atoms with Crippen LogP contribution in [0.2, 0.25) is 20.1 Å². The van der Waals surface area contributed by atoms with Crippen molar-refractivity contribution in [3.63, 3.8) is 0 Å². The van der Waals surface area contributed by atoms with Crippen LogP contribution in [0.15, 0.2) is 203 Å². The lowest BCUT2D eigenvalue weighted by Gasteiger charge is -2.45. The summed E-state index contributed by atoms with van der Waals surface area (Å²) in [5.41, 5.74) is 4.63. The van der Waals surface area contributed by atoms with Crippen molar-refractivity contribution in [2.75, 3.05) is 65.4 Å². The number of halogens is 6. The number of furan rings is 2. The predicted octanol–water partition coefficient (Wildman–Crippen LogP) is 15.9. The average molecular weight is 1380 g/mol. The molecule has 0 bridgehead atoms. The van der Waals surface area contributed by atoms with Crippen molar-refractivity contribution in [2.24, 2.45) is 0 Å². The fourth-order valence-corrected chi connectivity index (χ4v) is 15.0. The molecule has 12 rings (SSSR count). The molecular formula is C74H82Cl6N6O7. The lowest BCUT2D eigenvalue weighted by Crippen LogP contribution is -2.53. The molecule has 19 heteroatoms. The third-order valence-corrected chi connectivity index (χ3v) is 20.8. The van der Waals surface area contributed by atoms with Crippen LogP contribution in [0.5, 0.6) is 0 Å². The third kappa shape index (κ3) is 17.3. The third-order valence-electron chi connectivity index (χ3n) is 19.4. The summed E-state index contributed by atoms with van der Waals surface area (Å²) in [5.74, 6) is 0.426. The quantitative estimate of drug-likeness (QED) is 0.0857. The normalized spacial score (nSPS) is 19.4. The van der Waals surface area contributed by atoms with Crippen molar-refractivity contribution in [2.45, 2.75) is 99.0 Å². The van der Waals surface area contributed by atoms with Crippen LogP contribution in [0.3, 0.4) is 0 Å². The number of hydrogen-bond donors (Lipinski definition) is 2. The zero-order chi connectivity index (χ0) is 62.6. The highest BCUT2D eigenvalue weighted by molar-refractivity contribution is 6.42. The Labute approximate surface area is 578 Å². The van der Waals surface area contributed by atoms with Gasteiger partial charge in [0.15, 0.2) is 11.5 Å². The van der Waals surface area contributed by atoms with E-state index in [0.29, 0.717) is 44.7 Å². The second-order valence-corrected chi connectivity index (χ2v) is 26.5. The van der Waals surface area contributed by atoms with Crippen molar-refractivity contribution >= 4 is 94.8 Å². The molecule has 6 heterocycles. The number of carbonyl (C=O) groups is 4. The minimum absolute atomic E-state index is 0. The van der Waals surface area contributed by atoms with Crippen molar-refractivity contribution in [3.8, 4) is 0 Å². The fraction of sp³-hybridized carbons (Fsp3) is 0.351. The minimum atomic E-state index is -0.454. The van der Waals surface area contributed by atoms with Crippen molar-refractivity contribution < 1.29 is 33.5 Å². The van der Waals surface area contributed by atoms with E-state index in [1.54, 1.807) is 24.3 Å². The SMILES string of the molecule is Cl.Cl.O.O=C(NC1(c2ccccc2)CCN(CCCC2(c3ccc(Cl)c(Cl)c3)CCCN(C(=O)c3ccccc3)C2)CC1)c1ccco1.O=C(NC1(c2ccccc2)CCN(CCCC2(c3ccc(Cl)c(Cl)c3)CCCN(C(=O)c3ccccc3)C2)CC1)c1ccco1. The highest BCUT2D eigenvalue weighted by Gasteiger charge is 2.43. The van der Waals surface area contributed by atoms with Crippen LogP contribution < -0.4 is 10.6 Å². The summed E-state index contributed by atoms with van der Waals surface area (Å²) in [6.07, 6.45) is 13.9. The summed E-state index contributed by atoms with van der Waals surface area (Å²) in [6.45, 7) is 8.12. The molecule has 492 valence electrons. The van der Waals surface area contributed by atoms with Gasteiger partial charge >= 0.3 is 0 Å². The Morgan fingerprint density at radius 1 is 0.409 bits per heavy atom. The molecule has 2 atom stereocenters. The van der Waals surface area contributed by atoms with Gasteiger partial charge in [-0.2, -0.15) is 0 Å². The molecule has 4 fully saturated rings. The summed E-state index contributed by atoms with van der Waals surface area (Å²) < 4.78 is 10.8.